The van der Waals surface area contributed by atoms with Crippen LogP contribution in [0.2, 0.25) is 0 Å². The molecule has 0 aliphatic rings. The van der Waals surface area contributed by atoms with Crippen molar-refractivity contribution in [3.8, 4) is 17.0 Å². The molecule has 0 amide bonds. The third-order valence-electron chi connectivity index (χ3n) is 4.02. The molecule has 6 nitrogen and oxygen atoms in total. The molecule has 130 valence electrons. The molecule has 26 heavy (non-hydrogen) atoms. The van der Waals surface area contributed by atoms with E-state index in [0.29, 0.717) is 12.5 Å². The summed E-state index contributed by atoms with van der Waals surface area (Å²) in [7, 11) is 1.65. The van der Waals surface area contributed by atoms with Gasteiger partial charge in [0.1, 0.15) is 10.8 Å². The van der Waals surface area contributed by atoms with E-state index in [2.05, 4.69) is 38.5 Å². The topological polar surface area (TPSA) is 72.8 Å². The first-order chi connectivity index (χ1) is 12.7. The molecule has 2 aromatic carbocycles. The van der Waals surface area contributed by atoms with Crippen molar-refractivity contribution in [2.75, 3.05) is 12.4 Å². The molecule has 4 rings (SSSR count). The smallest absolute Gasteiger partial charge is 0.243 e. The lowest BCUT2D eigenvalue weighted by Gasteiger charge is -2.06. The van der Waals surface area contributed by atoms with Gasteiger partial charge in [-0.05, 0) is 24.6 Å². The second-order valence-electron chi connectivity index (χ2n) is 5.77. The highest BCUT2D eigenvalue weighted by Gasteiger charge is 2.08. The van der Waals surface area contributed by atoms with E-state index in [1.807, 2.05) is 36.4 Å². The summed E-state index contributed by atoms with van der Waals surface area (Å²) in [5.41, 5.74) is 3.94. The zero-order valence-corrected chi connectivity index (χ0v) is 15.2. The van der Waals surface area contributed by atoms with Crippen LogP contribution in [0.1, 0.15) is 10.6 Å². The quantitative estimate of drug-likeness (QED) is 0.576. The maximum atomic E-state index is 5.25. The van der Waals surface area contributed by atoms with E-state index < -0.39 is 0 Å². The summed E-state index contributed by atoms with van der Waals surface area (Å²) < 4.78 is 6.37. The van der Waals surface area contributed by atoms with Crippen molar-refractivity contribution in [2.24, 2.45) is 0 Å². The number of methoxy groups -OCH3 is 1. The van der Waals surface area contributed by atoms with Gasteiger partial charge in [0, 0.05) is 11.6 Å². The Morgan fingerprint density at radius 1 is 1.12 bits per heavy atom. The number of aromatic nitrogens is 4. The van der Waals surface area contributed by atoms with Gasteiger partial charge >= 0.3 is 0 Å². The van der Waals surface area contributed by atoms with Crippen molar-refractivity contribution < 1.29 is 4.74 Å². The van der Waals surface area contributed by atoms with E-state index >= 15 is 0 Å². The third-order valence-corrected chi connectivity index (χ3v) is 5.05. The first-order valence-electron chi connectivity index (χ1n) is 8.16. The molecule has 0 saturated carbocycles. The van der Waals surface area contributed by atoms with Crippen molar-refractivity contribution in [3.05, 3.63) is 59.2 Å². The molecule has 0 atom stereocenters. The maximum absolute atomic E-state index is 5.25. The van der Waals surface area contributed by atoms with Gasteiger partial charge in [0.15, 0.2) is 0 Å². The average molecular weight is 363 g/mol. The van der Waals surface area contributed by atoms with E-state index in [0.717, 1.165) is 37.8 Å². The van der Waals surface area contributed by atoms with Crippen LogP contribution in [0.4, 0.5) is 5.95 Å². The number of anilines is 1. The highest BCUT2D eigenvalue weighted by Crippen LogP contribution is 2.26. The summed E-state index contributed by atoms with van der Waals surface area (Å²) >= 11 is 1.63. The minimum Gasteiger partial charge on any atom is -0.497 e. The van der Waals surface area contributed by atoms with Crippen molar-refractivity contribution in [1.29, 1.82) is 0 Å². The molecular formula is C19H17N5OS. The number of ether oxygens (including phenoxy) is 1. The zero-order valence-electron chi connectivity index (χ0n) is 14.4. The Morgan fingerprint density at radius 2 is 2.00 bits per heavy atom. The number of hydrogen-bond donors (Lipinski definition) is 1. The van der Waals surface area contributed by atoms with Crippen LogP contribution in [0.5, 0.6) is 5.75 Å². The first kappa shape index (κ1) is 16.4. The summed E-state index contributed by atoms with van der Waals surface area (Å²) in [6.07, 6.45) is 1.68. The Morgan fingerprint density at radius 3 is 2.85 bits per heavy atom. The molecule has 2 aromatic heterocycles. The van der Waals surface area contributed by atoms with Gasteiger partial charge in [-0.3, -0.25) is 0 Å². The van der Waals surface area contributed by atoms with Crippen molar-refractivity contribution in [3.63, 3.8) is 0 Å². The van der Waals surface area contributed by atoms with Crippen LogP contribution in [0.15, 0.2) is 48.7 Å². The minimum absolute atomic E-state index is 0.489. The Bertz CT molecular complexity index is 1060. The number of rotatable bonds is 5. The number of fused-ring (bicyclic) bond motifs is 1. The Labute approximate surface area is 154 Å². The van der Waals surface area contributed by atoms with Crippen LogP contribution in [-0.4, -0.2) is 27.3 Å². The number of thiazole rings is 1. The molecule has 0 aliphatic heterocycles. The fourth-order valence-electron chi connectivity index (χ4n) is 2.68. The normalized spacial score (nSPS) is 10.8. The molecule has 0 saturated heterocycles. The minimum atomic E-state index is 0.489. The highest BCUT2D eigenvalue weighted by molar-refractivity contribution is 7.18. The zero-order chi connectivity index (χ0) is 17.9. The molecule has 4 aromatic rings. The largest absolute Gasteiger partial charge is 0.497 e. The lowest BCUT2D eigenvalue weighted by molar-refractivity contribution is 0.415. The van der Waals surface area contributed by atoms with E-state index in [9.17, 15) is 0 Å². The second kappa shape index (κ2) is 7.05. The second-order valence-corrected chi connectivity index (χ2v) is 6.89. The van der Waals surface area contributed by atoms with Crippen LogP contribution in [-0.2, 0) is 6.54 Å². The summed E-state index contributed by atoms with van der Waals surface area (Å²) in [5.74, 6) is 1.29. The van der Waals surface area contributed by atoms with Crippen LogP contribution in [0.3, 0.4) is 0 Å². The van der Waals surface area contributed by atoms with Crippen LogP contribution < -0.4 is 10.1 Å². The molecule has 0 unspecified atom stereocenters. The van der Waals surface area contributed by atoms with Gasteiger partial charge in [-0.25, -0.2) is 9.97 Å². The summed E-state index contributed by atoms with van der Waals surface area (Å²) in [4.78, 5) is 9.20. The van der Waals surface area contributed by atoms with Crippen molar-refractivity contribution >= 4 is 27.5 Å². The number of hydrogen-bond acceptors (Lipinski definition) is 7. The van der Waals surface area contributed by atoms with Gasteiger partial charge < -0.3 is 10.1 Å². The Hall–Kier alpha value is -3.06. The number of benzene rings is 2. The van der Waals surface area contributed by atoms with Gasteiger partial charge in [0.05, 0.1) is 35.8 Å². The van der Waals surface area contributed by atoms with Gasteiger partial charge in [-0.15, -0.1) is 16.4 Å². The fraction of sp³-hybridized carbons (Fsp3) is 0.158. The summed E-state index contributed by atoms with van der Waals surface area (Å²) in [5, 5.41) is 12.3. The van der Waals surface area contributed by atoms with E-state index in [-0.39, 0.29) is 0 Å². The molecule has 2 heterocycles. The summed E-state index contributed by atoms with van der Waals surface area (Å²) in [6, 6.07) is 14.0. The van der Waals surface area contributed by atoms with Gasteiger partial charge in [-0.1, -0.05) is 24.3 Å². The lowest BCUT2D eigenvalue weighted by Crippen LogP contribution is -2.05. The molecule has 0 fully saturated rings. The highest BCUT2D eigenvalue weighted by atomic mass is 32.1. The van der Waals surface area contributed by atoms with Gasteiger partial charge in [0.25, 0.3) is 0 Å². The van der Waals surface area contributed by atoms with Gasteiger partial charge in [0.2, 0.25) is 5.95 Å². The predicted molar refractivity (Wildman–Crippen MR) is 103 cm³/mol. The van der Waals surface area contributed by atoms with E-state index in [4.69, 9.17) is 4.74 Å². The first-order valence-corrected chi connectivity index (χ1v) is 8.97. The predicted octanol–water partition coefficient (Wildman–Crippen LogP) is 4.08. The number of nitrogens with zero attached hydrogens (tertiary/aromatic N) is 4. The SMILES string of the molecule is COc1ccc2sc(CNc3nncc(-c4ccccc4C)n3)nc2c1. The number of nitrogens with one attached hydrogen (secondary N) is 1. The fourth-order valence-corrected chi connectivity index (χ4v) is 3.57. The number of aryl methyl sites for hydroxylation is 1. The molecule has 0 bridgehead atoms. The molecule has 0 aliphatic carbocycles. The lowest BCUT2D eigenvalue weighted by atomic mass is 10.1. The van der Waals surface area contributed by atoms with Crippen LogP contribution in [0, 0.1) is 6.92 Å². The average Bonchev–Trinajstić information content (AvgIpc) is 3.09. The molecular weight excluding hydrogens is 346 g/mol. The van der Waals surface area contributed by atoms with Crippen LogP contribution >= 0.6 is 11.3 Å². The molecule has 1 N–H and O–H groups in total. The van der Waals surface area contributed by atoms with E-state index in [1.54, 1.807) is 24.6 Å². The molecule has 0 radical (unpaired) electrons. The van der Waals surface area contributed by atoms with Crippen molar-refractivity contribution in [1.82, 2.24) is 20.2 Å². The molecule has 7 heteroatoms. The van der Waals surface area contributed by atoms with Crippen molar-refractivity contribution in [2.45, 2.75) is 13.5 Å². The van der Waals surface area contributed by atoms with Crippen LogP contribution in [0.25, 0.3) is 21.5 Å². The van der Waals surface area contributed by atoms with Gasteiger partial charge in [-0.2, -0.15) is 5.10 Å². The maximum Gasteiger partial charge on any atom is 0.243 e. The summed E-state index contributed by atoms with van der Waals surface area (Å²) in [6.45, 7) is 2.60. The standard InChI is InChI=1S/C19H17N5OS/c1-12-5-3-4-6-14(12)16-10-21-24-19(23-16)20-11-18-22-15-9-13(25-2)7-8-17(15)26-18/h3-10H,11H2,1-2H3,(H,20,23,24). The van der Waals surface area contributed by atoms with E-state index in [1.165, 1.54) is 0 Å². The Kier molecular flexibility index (Phi) is 4.45. The Balaban J connectivity index is 1.53. The third kappa shape index (κ3) is 3.34. The molecule has 0 spiro atoms. The monoisotopic (exact) mass is 363 g/mol.